The van der Waals surface area contributed by atoms with Crippen LogP contribution in [0.15, 0.2) is 12.3 Å². The van der Waals surface area contributed by atoms with Crippen molar-refractivity contribution in [3.63, 3.8) is 0 Å². The van der Waals surface area contributed by atoms with Crippen LogP contribution in [0.4, 0.5) is 5.82 Å². The third-order valence-corrected chi connectivity index (χ3v) is 4.43. The molecule has 2 heterocycles. The smallest absolute Gasteiger partial charge is 0.137 e. The number of hydrogen-bond acceptors (Lipinski definition) is 3. The molecule has 19 heavy (non-hydrogen) atoms. The van der Waals surface area contributed by atoms with Crippen molar-refractivity contribution in [3.8, 4) is 0 Å². The second-order valence-corrected chi connectivity index (χ2v) is 5.94. The maximum atomic E-state index is 4.57. The highest BCUT2D eigenvalue weighted by Crippen LogP contribution is 2.43. The fourth-order valence-electron chi connectivity index (χ4n) is 3.20. The monoisotopic (exact) mass is 256 g/mol. The fourth-order valence-corrected chi connectivity index (χ4v) is 3.20. The molecule has 0 radical (unpaired) electrons. The molecule has 0 spiro atoms. The summed E-state index contributed by atoms with van der Waals surface area (Å²) in [5.74, 6) is 1.72. The lowest BCUT2D eigenvalue weighted by molar-refractivity contribution is 0.462. The molecule has 0 unspecified atom stereocenters. The third-order valence-electron chi connectivity index (χ3n) is 4.43. The molecule has 4 heteroatoms. The second kappa shape index (κ2) is 4.51. The van der Waals surface area contributed by atoms with Crippen molar-refractivity contribution in [2.24, 2.45) is 0 Å². The first kappa shape index (κ1) is 11.3. The molecule has 0 saturated heterocycles. The molecule has 4 nitrogen and oxygen atoms in total. The van der Waals surface area contributed by atoms with Crippen LogP contribution in [0.1, 0.15) is 56.6 Å². The van der Waals surface area contributed by atoms with E-state index >= 15 is 0 Å². The number of pyridine rings is 1. The van der Waals surface area contributed by atoms with E-state index in [2.05, 4.69) is 20.5 Å². The van der Waals surface area contributed by atoms with E-state index in [1.54, 1.807) is 0 Å². The zero-order valence-electron chi connectivity index (χ0n) is 11.2. The largest absolute Gasteiger partial charge is 0.367 e. The number of nitrogens with one attached hydrogen (secondary N) is 2. The van der Waals surface area contributed by atoms with Gasteiger partial charge in [-0.2, -0.15) is 5.10 Å². The molecule has 2 aromatic rings. The van der Waals surface area contributed by atoms with Crippen molar-refractivity contribution in [2.75, 3.05) is 5.32 Å². The van der Waals surface area contributed by atoms with Crippen LogP contribution in [-0.4, -0.2) is 21.2 Å². The van der Waals surface area contributed by atoms with Crippen molar-refractivity contribution in [2.45, 2.75) is 56.9 Å². The van der Waals surface area contributed by atoms with E-state index in [0.29, 0.717) is 12.0 Å². The zero-order chi connectivity index (χ0) is 12.7. The average molecular weight is 256 g/mol. The molecule has 0 atom stereocenters. The minimum Gasteiger partial charge on any atom is -0.367 e. The first-order valence-corrected chi connectivity index (χ1v) is 7.51. The molecular formula is C15H20N4. The zero-order valence-corrected chi connectivity index (χ0v) is 11.2. The van der Waals surface area contributed by atoms with Gasteiger partial charge in [-0.25, -0.2) is 4.98 Å². The van der Waals surface area contributed by atoms with E-state index in [9.17, 15) is 0 Å². The first-order valence-electron chi connectivity index (χ1n) is 7.51. The number of anilines is 1. The lowest BCUT2D eigenvalue weighted by Crippen LogP contribution is -2.22. The summed E-state index contributed by atoms with van der Waals surface area (Å²) in [6.07, 6.45) is 11.1. The Labute approximate surface area is 113 Å². The van der Waals surface area contributed by atoms with Crippen LogP contribution < -0.4 is 5.32 Å². The Morgan fingerprint density at radius 3 is 2.74 bits per heavy atom. The van der Waals surface area contributed by atoms with Crippen LogP contribution in [0.25, 0.3) is 10.9 Å². The van der Waals surface area contributed by atoms with E-state index in [1.807, 2.05) is 12.3 Å². The summed E-state index contributed by atoms with van der Waals surface area (Å²) in [5, 5.41) is 12.5. The van der Waals surface area contributed by atoms with Gasteiger partial charge in [-0.05, 0) is 31.7 Å². The quantitative estimate of drug-likeness (QED) is 0.882. The van der Waals surface area contributed by atoms with E-state index < -0.39 is 0 Å². The molecule has 2 N–H and O–H groups in total. The number of aromatic amines is 1. The summed E-state index contributed by atoms with van der Waals surface area (Å²) in [7, 11) is 0. The minimum atomic E-state index is 0.591. The molecule has 0 bridgehead atoms. The molecule has 0 aliphatic heterocycles. The number of aromatic nitrogens is 3. The van der Waals surface area contributed by atoms with Crippen molar-refractivity contribution in [1.29, 1.82) is 0 Å². The highest BCUT2D eigenvalue weighted by atomic mass is 15.1. The Morgan fingerprint density at radius 1 is 1.11 bits per heavy atom. The molecule has 0 amide bonds. The number of rotatable bonds is 3. The topological polar surface area (TPSA) is 53.6 Å². The molecule has 2 fully saturated rings. The second-order valence-electron chi connectivity index (χ2n) is 5.94. The van der Waals surface area contributed by atoms with Gasteiger partial charge in [0, 0.05) is 23.9 Å². The summed E-state index contributed by atoms with van der Waals surface area (Å²) >= 11 is 0. The van der Waals surface area contributed by atoms with E-state index in [-0.39, 0.29) is 0 Å². The average Bonchev–Trinajstić information content (AvgIpc) is 3.20. The van der Waals surface area contributed by atoms with Gasteiger partial charge in [-0.1, -0.05) is 19.3 Å². The van der Waals surface area contributed by atoms with Crippen molar-refractivity contribution >= 4 is 16.7 Å². The van der Waals surface area contributed by atoms with Crippen LogP contribution in [0.5, 0.6) is 0 Å². The summed E-state index contributed by atoms with van der Waals surface area (Å²) in [6.45, 7) is 0. The predicted octanol–water partition coefficient (Wildman–Crippen LogP) is 3.58. The highest BCUT2D eigenvalue weighted by Gasteiger charge is 2.29. The lowest BCUT2D eigenvalue weighted by Gasteiger charge is -2.23. The van der Waals surface area contributed by atoms with Crippen LogP contribution in [0.2, 0.25) is 0 Å². The number of nitrogens with zero attached hydrogens (tertiary/aromatic N) is 2. The van der Waals surface area contributed by atoms with Gasteiger partial charge >= 0.3 is 0 Å². The Morgan fingerprint density at radius 2 is 1.95 bits per heavy atom. The molecule has 100 valence electrons. The normalized spacial score (nSPS) is 20.8. The van der Waals surface area contributed by atoms with Gasteiger partial charge in [0.1, 0.15) is 5.82 Å². The lowest BCUT2D eigenvalue weighted by atomic mass is 9.95. The standard InChI is InChI=1S/C15H20N4/c1-2-4-11(5-3-1)17-15-13-12(8-9-16-15)18-19-14(13)10-6-7-10/h8-11H,1-7H2,(H,16,17)(H,18,19). The van der Waals surface area contributed by atoms with Gasteiger partial charge in [0.15, 0.2) is 0 Å². The van der Waals surface area contributed by atoms with Gasteiger partial charge in [-0.3, -0.25) is 5.10 Å². The summed E-state index contributed by atoms with van der Waals surface area (Å²) in [4.78, 5) is 4.57. The van der Waals surface area contributed by atoms with Crippen molar-refractivity contribution in [3.05, 3.63) is 18.0 Å². The van der Waals surface area contributed by atoms with Crippen LogP contribution in [0.3, 0.4) is 0 Å². The third kappa shape index (κ3) is 2.09. The molecule has 4 rings (SSSR count). The van der Waals surface area contributed by atoms with Gasteiger partial charge in [0.05, 0.1) is 10.9 Å². The molecule has 2 saturated carbocycles. The summed E-state index contributed by atoms with van der Waals surface area (Å²) < 4.78 is 0. The van der Waals surface area contributed by atoms with Crippen LogP contribution >= 0.6 is 0 Å². The molecule has 2 aliphatic carbocycles. The maximum Gasteiger partial charge on any atom is 0.137 e. The first-order chi connectivity index (χ1) is 9.42. The molecule has 2 aromatic heterocycles. The Bertz CT molecular complexity index is 579. The Balaban J connectivity index is 1.69. The van der Waals surface area contributed by atoms with E-state index in [4.69, 9.17) is 0 Å². The van der Waals surface area contributed by atoms with Gasteiger partial charge in [0.25, 0.3) is 0 Å². The summed E-state index contributed by atoms with van der Waals surface area (Å²) in [5.41, 5.74) is 2.34. The fraction of sp³-hybridized carbons (Fsp3) is 0.600. The van der Waals surface area contributed by atoms with Crippen LogP contribution in [0, 0.1) is 0 Å². The molecular weight excluding hydrogens is 236 g/mol. The maximum absolute atomic E-state index is 4.57. The van der Waals surface area contributed by atoms with Crippen LogP contribution in [-0.2, 0) is 0 Å². The number of hydrogen-bond donors (Lipinski definition) is 2. The Kier molecular flexibility index (Phi) is 2.67. The van der Waals surface area contributed by atoms with Gasteiger partial charge in [-0.15, -0.1) is 0 Å². The van der Waals surface area contributed by atoms with Crippen molar-refractivity contribution < 1.29 is 0 Å². The number of H-pyrrole nitrogens is 1. The van der Waals surface area contributed by atoms with Crippen molar-refractivity contribution in [1.82, 2.24) is 15.2 Å². The van der Waals surface area contributed by atoms with E-state index in [1.165, 1.54) is 56.0 Å². The van der Waals surface area contributed by atoms with Gasteiger partial charge in [0.2, 0.25) is 0 Å². The highest BCUT2D eigenvalue weighted by molar-refractivity contribution is 5.92. The number of fused-ring (bicyclic) bond motifs is 1. The van der Waals surface area contributed by atoms with E-state index in [0.717, 1.165) is 11.3 Å². The SMILES string of the molecule is c1cc2n[nH]c(C3CC3)c2c(NC2CCCCC2)n1. The summed E-state index contributed by atoms with van der Waals surface area (Å²) in [6, 6.07) is 2.60. The Hall–Kier alpha value is -1.58. The molecule has 0 aromatic carbocycles. The predicted molar refractivity (Wildman–Crippen MR) is 76.4 cm³/mol. The molecule has 2 aliphatic rings. The minimum absolute atomic E-state index is 0.591. The van der Waals surface area contributed by atoms with Gasteiger partial charge < -0.3 is 5.32 Å².